The van der Waals surface area contributed by atoms with Gasteiger partial charge in [-0.15, -0.1) is 6.58 Å². The Morgan fingerprint density at radius 3 is 2.39 bits per heavy atom. The zero-order chi connectivity index (χ0) is 13.0. The van der Waals surface area contributed by atoms with E-state index in [-0.39, 0.29) is 0 Å². The maximum absolute atomic E-state index is 12.5. The minimum atomic E-state index is -3.40. The first-order chi connectivity index (χ1) is 8.66. The molecule has 1 atom stereocenters. The highest BCUT2D eigenvalue weighted by atomic mass is 32.2. The minimum absolute atomic E-state index is 0.335. The van der Waals surface area contributed by atoms with E-state index in [1.165, 1.54) is 6.08 Å². The molecule has 2 rings (SSSR count). The molecule has 98 valence electrons. The molecule has 0 N–H and O–H groups in total. The van der Waals surface area contributed by atoms with Crippen LogP contribution in [-0.2, 0) is 14.6 Å². The van der Waals surface area contributed by atoms with Crippen molar-refractivity contribution < 1.29 is 13.2 Å². The minimum Gasteiger partial charge on any atom is -0.379 e. The molecule has 4 nitrogen and oxygen atoms in total. The molecule has 0 aliphatic carbocycles. The van der Waals surface area contributed by atoms with Crippen LogP contribution in [0.5, 0.6) is 0 Å². The lowest BCUT2D eigenvalue weighted by molar-refractivity contribution is 0.0374. The second-order valence-corrected chi connectivity index (χ2v) is 6.18. The Morgan fingerprint density at radius 2 is 1.83 bits per heavy atom. The fourth-order valence-electron chi connectivity index (χ4n) is 2.05. The molecule has 0 bridgehead atoms. The molecule has 1 unspecified atom stereocenters. The van der Waals surface area contributed by atoms with E-state index in [0.29, 0.717) is 31.2 Å². The summed E-state index contributed by atoms with van der Waals surface area (Å²) in [7, 11) is -3.40. The van der Waals surface area contributed by atoms with Crippen molar-refractivity contribution in [2.45, 2.75) is 10.3 Å². The fraction of sp³-hybridized carbons (Fsp3) is 0.385. The predicted octanol–water partition coefficient (Wildman–Crippen LogP) is 1.30. The van der Waals surface area contributed by atoms with Crippen LogP contribution >= 0.6 is 0 Å². The largest absolute Gasteiger partial charge is 0.379 e. The first-order valence-corrected chi connectivity index (χ1v) is 7.44. The molecular formula is C13H17NO3S. The summed E-state index contributed by atoms with van der Waals surface area (Å²) in [4.78, 5) is 2.22. The van der Waals surface area contributed by atoms with Crippen molar-refractivity contribution in [2.75, 3.05) is 26.3 Å². The van der Waals surface area contributed by atoms with Crippen molar-refractivity contribution in [2.24, 2.45) is 0 Å². The van der Waals surface area contributed by atoms with Crippen molar-refractivity contribution in [1.82, 2.24) is 4.90 Å². The number of sulfone groups is 1. The second-order valence-electron chi connectivity index (χ2n) is 4.13. The van der Waals surface area contributed by atoms with Gasteiger partial charge in [-0.1, -0.05) is 24.3 Å². The van der Waals surface area contributed by atoms with Crippen LogP contribution in [0.15, 0.2) is 47.9 Å². The van der Waals surface area contributed by atoms with Gasteiger partial charge in [0.15, 0.2) is 9.84 Å². The van der Waals surface area contributed by atoms with E-state index in [4.69, 9.17) is 4.74 Å². The zero-order valence-corrected chi connectivity index (χ0v) is 11.0. The number of hydrogen-bond donors (Lipinski definition) is 0. The van der Waals surface area contributed by atoms with Gasteiger partial charge in [0, 0.05) is 13.1 Å². The second kappa shape index (κ2) is 5.65. The number of hydrogen-bond acceptors (Lipinski definition) is 4. The standard InChI is InChI=1S/C13H17NO3S/c1-2-13(14-8-10-17-11-9-14)18(15,16)12-6-4-3-5-7-12/h2-7,13H,1,8-11H2. The quantitative estimate of drug-likeness (QED) is 0.772. The first kappa shape index (κ1) is 13.3. The molecule has 5 heteroatoms. The van der Waals surface area contributed by atoms with Gasteiger partial charge in [-0.25, -0.2) is 8.42 Å². The smallest absolute Gasteiger partial charge is 0.198 e. The van der Waals surface area contributed by atoms with Gasteiger partial charge in [-0.05, 0) is 12.1 Å². The summed E-state index contributed by atoms with van der Waals surface area (Å²) >= 11 is 0. The van der Waals surface area contributed by atoms with Gasteiger partial charge in [0.1, 0.15) is 5.37 Å². The Balaban J connectivity index is 2.29. The van der Waals surface area contributed by atoms with Crippen molar-refractivity contribution in [3.63, 3.8) is 0 Å². The van der Waals surface area contributed by atoms with Gasteiger partial charge in [-0.3, -0.25) is 4.90 Å². The summed E-state index contributed by atoms with van der Waals surface area (Å²) in [6.45, 7) is 6.02. The fourth-order valence-corrected chi connectivity index (χ4v) is 3.73. The maximum Gasteiger partial charge on any atom is 0.198 e. The molecule has 1 aliphatic heterocycles. The molecule has 0 amide bonds. The SMILES string of the molecule is C=CC(N1CCOCC1)S(=O)(=O)c1ccccc1. The van der Waals surface area contributed by atoms with Crippen molar-refractivity contribution >= 4 is 9.84 Å². The Labute approximate surface area is 108 Å². The van der Waals surface area contributed by atoms with Crippen LogP contribution in [0.3, 0.4) is 0 Å². The van der Waals surface area contributed by atoms with Gasteiger partial charge >= 0.3 is 0 Å². The molecule has 1 heterocycles. The zero-order valence-electron chi connectivity index (χ0n) is 10.2. The lowest BCUT2D eigenvalue weighted by Crippen LogP contribution is -2.46. The molecular weight excluding hydrogens is 250 g/mol. The lowest BCUT2D eigenvalue weighted by atomic mass is 10.4. The van der Waals surface area contributed by atoms with Crippen LogP contribution in [0, 0.1) is 0 Å². The van der Waals surface area contributed by atoms with Gasteiger partial charge in [0.25, 0.3) is 0 Å². The molecule has 1 fully saturated rings. The highest BCUT2D eigenvalue weighted by Crippen LogP contribution is 2.20. The monoisotopic (exact) mass is 267 g/mol. The Kier molecular flexibility index (Phi) is 4.16. The van der Waals surface area contributed by atoms with Crippen molar-refractivity contribution in [1.29, 1.82) is 0 Å². The number of rotatable bonds is 4. The van der Waals surface area contributed by atoms with Gasteiger partial charge in [-0.2, -0.15) is 0 Å². The topological polar surface area (TPSA) is 46.6 Å². The van der Waals surface area contributed by atoms with E-state index in [0.717, 1.165) is 0 Å². The number of morpholine rings is 1. The Hall–Kier alpha value is -1.17. The highest BCUT2D eigenvalue weighted by Gasteiger charge is 2.31. The molecule has 1 aliphatic rings. The van der Waals surface area contributed by atoms with Crippen molar-refractivity contribution in [3.8, 4) is 0 Å². The van der Waals surface area contributed by atoms with Crippen LogP contribution in [0.2, 0.25) is 0 Å². The normalized spacial score (nSPS) is 19.3. The van der Waals surface area contributed by atoms with E-state index in [2.05, 4.69) is 6.58 Å². The van der Waals surface area contributed by atoms with E-state index in [1.807, 2.05) is 4.90 Å². The number of nitrogens with zero attached hydrogens (tertiary/aromatic N) is 1. The van der Waals surface area contributed by atoms with Crippen LogP contribution in [0.4, 0.5) is 0 Å². The van der Waals surface area contributed by atoms with Crippen molar-refractivity contribution in [3.05, 3.63) is 43.0 Å². The van der Waals surface area contributed by atoms with E-state index in [1.54, 1.807) is 30.3 Å². The third kappa shape index (κ3) is 2.63. The van der Waals surface area contributed by atoms with Gasteiger partial charge in [0.2, 0.25) is 0 Å². The summed E-state index contributed by atoms with van der Waals surface area (Å²) in [5.74, 6) is 0. The summed E-state index contributed by atoms with van der Waals surface area (Å²) in [6.07, 6.45) is 1.49. The third-order valence-electron chi connectivity index (χ3n) is 3.00. The summed E-state index contributed by atoms with van der Waals surface area (Å²) < 4.78 is 30.3. The molecule has 1 aromatic rings. The highest BCUT2D eigenvalue weighted by molar-refractivity contribution is 7.92. The molecule has 0 spiro atoms. The predicted molar refractivity (Wildman–Crippen MR) is 70.0 cm³/mol. The van der Waals surface area contributed by atoms with Crippen LogP contribution in [-0.4, -0.2) is 45.0 Å². The molecule has 18 heavy (non-hydrogen) atoms. The summed E-state index contributed by atoms with van der Waals surface area (Å²) in [5, 5.41) is -0.677. The van der Waals surface area contributed by atoms with E-state index in [9.17, 15) is 8.42 Å². The summed E-state index contributed by atoms with van der Waals surface area (Å²) in [5.41, 5.74) is 0. The number of ether oxygens (including phenoxy) is 1. The maximum atomic E-state index is 12.5. The Bertz CT molecular complexity index is 492. The first-order valence-electron chi connectivity index (χ1n) is 5.89. The van der Waals surface area contributed by atoms with E-state index >= 15 is 0 Å². The molecule has 0 radical (unpaired) electrons. The van der Waals surface area contributed by atoms with Crippen LogP contribution in [0.25, 0.3) is 0 Å². The van der Waals surface area contributed by atoms with E-state index < -0.39 is 15.2 Å². The molecule has 1 saturated heterocycles. The van der Waals surface area contributed by atoms with Gasteiger partial charge < -0.3 is 4.74 Å². The molecule has 1 aromatic carbocycles. The van der Waals surface area contributed by atoms with Gasteiger partial charge in [0.05, 0.1) is 18.1 Å². The molecule has 0 aromatic heterocycles. The van der Waals surface area contributed by atoms with Crippen LogP contribution < -0.4 is 0 Å². The lowest BCUT2D eigenvalue weighted by Gasteiger charge is -2.32. The summed E-state index contributed by atoms with van der Waals surface area (Å²) in [6, 6.07) is 8.49. The molecule has 0 saturated carbocycles. The van der Waals surface area contributed by atoms with Crippen LogP contribution in [0.1, 0.15) is 0 Å². The average Bonchev–Trinajstić information content (AvgIpc) is 2.41. The third-order valence-corrected chi connectivity index (χ3v) is 5.05. The number of benzene rings is 1. The average molecular weight is 267 g/mol. The Morgan fingerprint density at radius 1 is 1.22 bits per heavy atom.